The number of aliphatic carboxylic acids is 1. The van der Waals surface area contributed by atoms with E-state index in [1.54, 1.807) is 0 Å². The van der Waals surface area contributed by atoms with Crippen LogP contribution in [0.4, 0.5) is 0 Å². The smallest absolute Gasteiger partial charge is 0.305 e. The number of hydrogen-bond acceptors (Lipinski definition) is 6. The highest BCUT2D eigenvalue weighted by Gasteiger charge is 2.21. The Hall–Kier alpha value is -1.51. The molecule has 0 aliphatic rings. The standard InChI is InChI=1S/C9H16N4O4S/c1-3-4-7(5-9(14)15)13-8(10-11-12-13)6-18(2,16)17/h7H,3-6H2,1-2H3,(H,14,15). The number of rotatable bonds is 7. The molecule has 1 aromatic rings. The first kappa shape index (κ1) is 14.6. The van der Waals surface area contributed by atoms with Crippen LogP contribution in [0.2, 0.25) is 0 Å². The zero-order chi connectivity index (χ0) is 13.8. The van der Waals surface area contributed by atoms with Gasteiger partial charge in [-0.2, -0.15) is 0 Å². The number of carboxylic acid groups (broad SMARTS) is 1. The van der Waals surface area contributed by atoms with Crippen molar-refractivity contribution >= 4 is 15.8 Å². The molecule has 0 aliphatic heterocycles. The Kier molecular flexibility index (Phi) is 4.76. The van der Waals surface area contributed by atoms with Crippen molar-refractivity contribution in [3.8, 4) is 0 Å². The zero-order valence-electron chi connectivity index (χ0n) is 10.3. The van der Waals surface area contributed by atoms with Crippen LogP contribution < -0.4 is 0 Å². The maximum Gasteiger partial charge on any atom is 0.305 e. The first-order valence-corrected chi connectivity index (χ1v) is 7.55. The van der Waals surface area contributed by atoms with Crippen molar-refractivity contribution < 1.29 is 18.3 Å². The van der Waals surface area contributed by atoms with E-state index < -0.39 is 21.8 Å². The van der Waals surface area contributed by atoms with Gasteiger partial charge in [0.2, 0.25) is 0 Å². The lowest BCUT2D eigenvalue weighted by atomic mass is 10.1. The average molecular weight is 276 g/mol. The van der Waals surface area contributed by atoms with Crippen molar-refractivity contribution in [3.63, 3.8) is 0 Å². The van der Waals surface area contributed by atoms with Gasteiger partial charge in [-0.3, -0.25) is 4.79 Å². The van der Waals surface area contributed by atoms with E-state index in [9.17, 15) is 13.2 Å². The van der Waals surface area contributed by atoms with E-state index >= 15 is 0 Å². The van der Waals surface area contributed by atoms with Gasteiger partial charge in [0.1, 0.15) is 5.75 Å². The largest absolute Gasteiger partial charge is 0.481 e. The van der Waals surface area contributed by atoms with Crippen molar-refractivity contribution in [1.29, 1.82) is 0 Å². The van der Waals surface area contributed by atoms with Crippen LogP contribution in [0, 0.1) is 0 Å². The van der Waals surface area contributed by atoms with E-state index in [4.69, 9.17) is 5.11 Å². The number of sulfone groups is 1. The van der Waals surface area contributed by atoms with E-state index in [-0.39, 0.29) is 18.0 Å². The molecule has 0 radical (unpaired) electrons. The molecule has 0 aliphatic carbocycles. The minimum atomic E-state index is -3.26. The van der Waals surface area contributed by atoms with Gasteiger partial charge in [-0.15, -0.1) is 5.10 Å². The SMILES string of the molecule is CCCC(CC(=O)O)n1nnnc1CS(C)(=O)=O. The highest BCUT2D eigenvalue weighted by molar-refractivity contribution is 7.89. The van der Waals surface area contributed by atoms with Crippen LogP contribution in [0.3, 0.4) is 0 Å². The molecule has 18 heavy (non-hydrogen) atoms. The summed E-state index contributed by atoms with van der Waals surface area (Å²) in [5, 5.41) is 19.6. The monoisotopic (exact) mass is 276 g/mol. The predicted octanol–water partition coefficient (Wildman–Crippen LogP) is 0.0336. The maximum atomic E-state index is 11.2. The molecule has 1 rings (SSSR count). The van der Waals surface area contributed by atoms with Gasteiger partial charge in [0.15, 0.2) is 15.7 Å². The molecule has 1 aromatic heterocycles. The van der Waals surface area contributed by atoms with Crippen molar-refractivity contribution in [2.24, 2.45) is 0 Å². The fraction of sp³-hybridized carbons (Fsp3) is 0.778. The van der Waals surface area contributed by atoms with Crippen LogP contribution in [-0.4, -0.2) is 46.0 Å². The van der Waals surface area contributed by atoms with Gasteiger partial charge < -0.3 is 5.11 Å². The summed E-state index contributed by atoms with van der Waals surface area (Å²) < 4.78 is 23.8. The molecule has 9 heteroatoms. The Balaban J connectivity index is 2.98. The van der Waals surface area contributed by atoms with Crippen molar-refractivity contribution in [3.05, 3.63) is 5.82 Å². The van der Waals surface area contributed by atoms with Crippen LogP contribution in [0.5, 0.6) is 0 Å². The van der Waals surface area contributed by atoms with Crippen LogP contribution in [0.1, 0.15) is 38.1 Å². The van der Waals surface area contributed by atoms with Gasteiger partial charge >= 0.3 is 5.97 Å². The van der Waals surface area contributed by atoms with Gasteiger partial charge in [0.25, 0.3) is 0 Å². The molecule has 0 saturated heterocycles. The third-order valence-electron chi connectivity index (χ3n) is 2.33. The lowest BCUT2D eigenvalue weighted by Crippen LogP contribution is -2.19. The van der Waals surface area contributed by atoms with E-state index in [0.29, 0.717) is 6.42 Å². The average Bonchev–Trinajstić information content (AvgIpc) is 2.61. The third kappa shape index (κ3) is 4.40. The molecule has 0 aromatic carbocycles. The molecule has 102 valence electrons. The normalized spacial score (nSPS) is 13.4. The first-order valence-electron chi connectivity index (χ1n) is 5.49. The summed E-state index contributed by atoms with van der Waals surface area (Å²) in [5.74, 6) is -1.08. The fourth-order valence-electron chi connectivity index (χ4n) is 1.67. The second-order valence-electron chi connectivity index (χ2n) is 4.15. The second-order valence-corrected chi connectivity index (χ2v) is 6.29. The highest BCUT2D eigenvalue weighted by Crippen LogP contribution is 2.18. The molecule has 0 bridgehead atoms. The van der Waals surface area contributed by atoms with Gasteiger partial charge in [-0.25, -0.2) is 13.1 Å². The molecule has 0 spiro atoms. The molecular weight excluding hydrogens is 260 g/mol. The Morgan fingerprint density at radius 2 is 2.17 bits per heavy atom. The summed E-state index contributed by atoms with van der Waals surface area (Å²) in [6.07, 6.45) is 2.29. The zero-order valence-corrected chi connectivity index (χ0v) is 11.1. The molecular formula is C9H16N4O4S. The van der Waals surface area contributed by atoms with E-state index in [1.165, 1.54) is 4.68 Å². The number of carbonyl (C=O) groups is 1. The summed E-state index contributed by atoms with van der Waals surface area (Å²) >= 11 is 0. The number of carboxylic acids is 1. The summed E-state index contributed by atoms with van der Waals surface area (Å²) in [5.41, 5.74) is 0. The van der Waals surface area contributed by atoms with E-state index in [1.807, 2.05) is 6.92 Å². The van der Waals surface area contributed by atoms with Crippen molar-refractivity contribution in [2.75, 3.05) is 6.26 Å². The topological polar surface area (TPSA) is 115 Å². The number of aromatic nitrogens is 4. The van der Waals surface area contributed by atoms with Gasteiger partial charge in [0.05, 0.1) is 12.5 Å². The Morgan fingerprint density at radius 1 is 1.50 bits per heavy atom. The summed E-state index contributed by atoms with van der Waals surface area (Å²) in [6, 6.07) is -0.417. The van der Waals surface area contributed by atoms with Crippen LogP contribution in [0.15, 0.2) is 0 Å². The molecule has 1 unspecified atom stereocenters. The molecule has 1 atom stereocenters. The minimum Gasteiger partial charge on any atom is -0.481 e. The van der Waals surface area contributed by atoms with Crippen LogP contribution in [0.25, 0.3) is 0 Å². The number of nitrogens with zero attached hydrogens (tertiary/aromatic N) is 4. The molecule has 8 nitrogen and oxygen atoms in total. The van der Waals surface area contributed by atoms with Crippen molar-refractivity contribution in [1.82, 2.24) is 20.2 Å². The van der Waals surface area contributed by atoms with Gasteiger partial charge in [-0.05, 0) is 16.8 Å². The van der Waals surface area contributed by atoms with Crippen LogP contribution >= 0.6 is 0 Å². The number of tetrazole rings is 1. The van der Waals surface area contributed by atoms with Crippen LogP contribution in [-0.2, 0) is 20.4 Å². The third-order valence-corrected chi connectivity index (χ3v) is 3.11. The minimum absolute atomic E-state index is 0.129. The highest BCUT2D eigenvalue weighted by atomic mass is 32.2. The Morgan fingerprint density at radius 3 is 2.67 bits per heavy atom. The van der Waals surface area contributed by atoms with Gasteiger partial charge in [-0.1, -0.05) is 13.3 Å². The molecule has 1 heterocycles. The Labute approximate surface area is 105 Å². The summed E-state index contributed by atoms with van der Waals surface area (Å²) in [7, 11) is -3.26. The summed E-state index contributed by atoms with van der Waals surface area (Å²) in [6.45, 7) is 1.91. The lowest BCUT2D eigenvalue weighted by Gasteiger charge is -2.15. The van der Waals surface area contributed by atoms with Crippen molar-refractivity contribution in [2.45, 2.75) is 38.0 Å². The quantitative estimate of drug-likeness (QED) is 0.747. The lowest BCUT2D eigenvalue weighted by molar-refractivity contribution is -0.138. The Bertz CT molecular complexity index is 510. The molecule has 0 saturated carbocycles. The molecule has 0 amide bonds. The van der Waals surface area contributed by atoms with E-state index in [0.717, 1.165) is 12.7 Å². The van der Waals surface area contributed by atoms with E-state index in [2.05, 4.69) is 15.5 Å². The first-order chi connectivity index (χ1) is 8.33. The molecule has 0 fully saturated rings. The fourth-order valence-corrected chi connectivity index (χ4v) is 2.33. The van der Waals surface area contributed by atoms with Gasteiger partial charge in [0, 0.05) is 6.26 Å². The second kappa shape index (κ2) is 5.89. The molecule has 1 N–H and O–H groups in total. The predicted molar refractivity (Wildman–Crippen MR) is 62.6 cm³/mol. The number of hydrogen-bond donors (Lipinski definition) is 1. The maximum absolute atomic E-state index is 11.2. The summed E-state index contributed by atoms with van der Waals surface area (Å²) in [4.78, 5) is 10.8.